The van der Waals surface area contributed by atoms with E-state index in [1.807, 2.05) is 24.4 Å². The van der Waals surface area contributed by atoms with Gasteiger partial charge in [0.25, 0.3) is 0 Å². The van der Waals surface area contributed by atoms with Crippen LogP contribution in [-0.4, -0.2) is 30.7 Å². The molecule has 0 saturated heterocycles. The van der Waals surface area contributed by atoms with Gasteiger partial charge in [0.15, 0.2) is 0 Å². The molecule has 1 aromatic heterocycles. The first-order chi connectivity index (χ1) is 7.56. The second-order valence-electron chi connectivity index (χ2n) is 4.73. The SMILES string of the molecule is CC(C)(CNCC(N)CN)c1ccccn1. The van der Waals surface area contributed by atoms with E-state index < -0.39 is 0 Å². The number of pyridine rings is 1. The summed E-state index contributed by atoms with van der Waals surface area (Å²) >= 11 is 0. The fourth-order valence-corrected chi connectivity index (χ4v) is 1.51. The lowest BCUT2D eigenvalue weighted by molar-refractivity contribution is 0.444. The molecule has 4 heteroatoms. The van der Waals surface area contributed by atoms with Gasteiger partial charge in [-0.2, -0.15) is 0 Å². The molecule has 0 saturated carbocycles. The fraction of sp³-hybridized carbons (Fsp3) is 0.583. The monoisotopic (exact) mass is 222 g/mol. The minimum atomic E-state index is 0.00950. The number of nitrogens with zero attached hydrogens (tertiary/aromatic N) is 1. The molecule has 0 fully saturated rings. The summed E-state index contributed by atoms with van der Waals surface area (Å²) in [5.74, 6) is 0. The molecule has 0 aromatic carbocycles. The molecule has 4 nitrogen and oxygen atoms in total. The summed E-state index contributed by atoms with van der Waals surface area (Å²) in [6.45, 7) is 6.42. The Labute approximate surface area is 97.4 Å². The Morgan fingerprint density at radius 1 is 1.44 bits per heavy atom. The molecular weight excluding hydrogens is 200 g/mol. The van der Waals surface area contributed by atoms with Crippen molar-refractivity contribution in [1.29, 1.82) is 0 Å². The maximum absolute atomic E-state index is 5.74. The Balaban J connectivity index is 2.46. The van der Waals surface area contributed by atoms with E-state index in [0.29, 0.717) is 6.54 Å². The van der Waals surface area contributed by atoms with Crippen molar-refractivity contribution in [2.75, 3.05) is 19.6 Å². The van der Waals surface area contributed by atoms with Crippen LogP contribution in [0.15, 0.2) is 24.4 Å². The summed E-state index contributed by atoms with van der Waals surface area (Å²) in [4.78, 5) is 4.37. The molecule has 0 radical (unpaired) electrons. The van der Waals surface area contributed by atoms with Gasteiger partial charge in [-0.15, -0.1) is 0 Å². The molecule has 0 amide bonds. The Morgan fingerprint density at radius 3 is 2.75 bits per heavy atom. The van der Waals surface area contributed by atoms with Crippen LogP contribution in [0.1, 0.15) is 19.5 Å². The summed E-state index contributed by atoms with van der Waals surface area (Å²) in [6, 6.07) is 6.01. The zero-order valence-electron chi connectivity index (χ0n) is 10.1. The third kappa shape index (κ3) is 3.89. The number of nitrogens with two attached hydrogens (primary N) is 2. The van der Waals surface area contributed by atoms with Gasteiger partial charge in [-0.3, -0.25) is 4.98 Å². The second kappa shape index (κ2) is 5.94. The van der Waals surface area contributed by atoms with Crippen molar-refractivity contribution in [3.63, 3.8) is 0 Å². The molecule has 1 heterocycles. The summed E-state index contributed by atoms with van der Waals surface area (Å²) < 4.78 is 0. The van der Waals surface area contributed by atoms with E-state index in [2.05, 4.69) is 24.1 Å². The molecule has 1 aromatic rings. The van der Waals surface area contributed by atoms with Crippen LogP contribution in [-0.2, 0) is 5.41 Å². The van der Waals surface area contributed by atoms with Gasteiger partial charge in [-0.05, 0) is 12.1 Å². The van der Waals surface area contributed by atoms with E-state index in [1.54, 1.807) is 0 Å². The average Bonchev–Trinajstić information content (AvgIpc) is 2.30. The fourth-order valence-electron chi connectivity index (χ4n) is 1.51. The van der Waals surface area contributed by atoms with E-state index in [1.165, 1.54) is 0 Å². The van der Waals surface area contributed by atoms with Crippen molar-refractivity contribution in [1.82, 2.24) is 10.3 Å². The number of rotatable bonds is 6. The van der Waals surface area contributed by atoms with Crippen LogP contribution in [0.2, 0.25) is 0 Å². The Morgan fingerprint density at radius 2 is 2.19 bits per heavy atom. The average molecular weight is 222 g/mol. The molecule has 1 unspecified atom stereocenters. The van der Waals surface area contributed by atoms with Crippen molar-refractivity contribution in [2.45, 2.75) is 25.3 Å². The highest BCUT2D eigenvalue weighted by Gasteiger charge is 2.21. The van der Waals surface area contributed by atoms with Gasteiger partial charge in [0.2, 0.25) is 0 Å². The number of hydrogen-bond acceptors (Lipinski definition) is 4. The molecule has 1 rings (SSSR count). The predicted octanol–water partition coefficient (Wildman–Crippen LogP) is 0.235. The van der Waals surface area contributed by atoms with Crippen LogP contribution in [0.3, 0.4) is 0 Å². The van der Waals surface area contributed by atoms with Gasteiger partial charge in [0.1, 0.15) is 0 Å². The van der Waals surface area contributed by atoms with Crippen molar-refractivity contribution < 1.29 is 0 Å². The van der Waals surface area contributed by atoms with E-state index in [-0.39, 0.29) is 11.5 Å². The Bertz CT molecular complexity index is 297. The molecule has 0 aliphatic heterocycles. The minimum absolute atomic E-state index is 0.00950. The van der Waals surface area contributed by atoms with E-state index in [9.17, 15) is 0 Å². The van der Waals surface area contributed by atoms with Crippen molar-refractivity contribution in [3.8, 4) is 0 Å². The largest absolute Gasteiger partial charge is 0.329 e. The smallest absolute Gasteiger partial charge is 0.0472 e. The van der Waals surface area contributed by atoms with Gasteiger partial charge < -0.3 is 16.8 Å². The second-order valence-corrected chi connectivity index (χ2v) is 4.73. The zero-order chi connectivity index (χ0) is 12.0. The molecule has 0 bridgehead atoms. The van der Waals surface area contributed by atoms with Crippen molar-refractivity contribution in [2.24, 2.45) is 11.5 Å². The highest BCUT2D eigenvalue weighted by Crippen LogP contribution is 2.19. The van der Waals surface area contributed by atoms with E-state index in [4.69, 9.17) is 11.5 Å². The van der Waals surface area contributed by atoms with Gasteiger partial charge >= 0.3 is 0 Å². The number of aromatic nitrogens is 1. The minimum Gasteiger partial charge on any atom is -0.329 e. The van der Waals surface area contributed by atoms with Crippen molar-refractivity contribution in [3.05, 3.63) is 30.1 Å². The van der Waals surface area contributed by atoms with Gasteiger partial charge in [0, 0.05) is 43.0 Å². The standard InChI is InChI=1S/C12H22N4/c1-12(2,9-15-8-10(14)7-13)11-5-3-4-6-16-11/h3-6,10,15H,7-9,13-14H2,1-2H3. The van der Waals surface area contributed by atoms with Crippen LogP contribution in [0, 0.1) is 0 Å². The van der Waals surface area contributed by atoms with Crippen molar-refractivity contribution >= 4 is 0 Å². The maximum Gasteiger partial charge on any atom is 0.0472 e. The molecule has 1 atom stereocenters. The Kier molecular flexibility index (Phi) is 4.86. The Hall–Kier alpha value is -0.970. The third-order valence-electron chi connectivity index (χ3n) is 2.63. The lowest BCUT2D eigenvalue weighted by atomic mass is 9.88. The summed E-state index contributed by atoms with van der Waals surface area (Å²) in [6.07, 6.45) is 1.82. The summed E-state index contributed by atoms with van der Waals surface area (Å²) in [5.41, 5.74) is 12.3. The van der Waals surface area contributed by atoms with Crippen LogP contribution in [0.25, 0.3) is 0 Å². The van der Waals surface area contributed by atoms with Crippen LogP contribution in [0.5, 0.6) is 0 Å². The summed E-state index contributed by atoms with van der Waals surface area (Å²) in [5, 5.41) is 3.33. The lowest BCUT2D eigenvalue weighted by Crippen LogP contribution is -2.43. The molecule has 0 aliphatic rings. The van der Waals surface area contributed by atoms with Gasteiger partial charge in [0.05, 0.1) is 0 Å². The topological polar surface area (TPSA) is 77.0 Å². The molecule has 0 aliphatic carbocycles. The zero-order valence-corrected chi connectivity index (χ0v) is 10.1. The molecule has 5 N–H and O–H groups in total. The molecule has 16 heavy (non-hydrogen) atoms. The maximum atomic E-state index is 5.74. The molecule has 90 valence electrons. The van der Waals surface area contributed by atoms with Crippen LogP contribution >= 0.6 is 0 Å². The lowest BCUT2D eigenvalue weighted by Gasteiger charge is -2.25. The predicted molar refractivity (Wildman–Crippen MR) is 67.2 cm³/mol. The van der Waals surface area contributed by atoms with Crippen LogP contribution in [0.4, 0.5) is 0 Å². The van der Waals surface area contributed by atoms with Gasteiger partial charge in [-0.1, -0.05) is 19.9 Å². The highest BCUT2D eigenvalue weighted by atomic mass is 14.9. The quantitative estimate of drug-likeness (QED) is 0.644. The molecule has 0 spiro atoms. The molecular formula is C12H22N4. The third-order valence-corrected chi connectivity index (χ3v) is 2.63. The normalized spacial score (nSPS) is 13.8. The van der Waals surface area contributed by atoms with Crippen LogP contribution < -0.4 is 16.8 Å². The summed E-state index contributed by atoms with van der Waals surface area (Å²) in [7, 11) is 0. The first-order valence-electron chi connectivity index (χ1n) is 5.64. The first-order valence-corrected chi connectivity index (χ1v) is 5.64. The highest BCUT2D eigenvalue weighted by molar-refractivity contribution is 5.14. The number of hydrogen-bond donors (Lipinski definition) is 3. The first kappa shape index (κ1) is 13.1. The number of nitrogens with one attached hydrogen (secondary N) is 1. The van der Waals surface area contributed by atoms with Gasteiger partial charge in [-0.25, -0.2) is 0 Å². The van der Waals surface area contributed by atoms with E-state index >= 15 is 0 Å². The van der Waals surface area contributed by atoms with E-state index in [0.717, 1.165) is 18.8 Å².